The number of hydrogen-bond donors (Lipinski definition) is 4. The quantitative estimate of drug-likeness (QED) is 0.179. The molecular formula is C37H58N6O7. The van der Waals surface area contributed by atoms with E-state index >= 15 is 0 Å². The van der Waals surface area contributed by atoms with Crippen LogP contribution < -0.4 is 21.3 Å². The molecular weight excluding hydrogens is 640 g/mol. The summed E-state index contributed by atoms with van der Waals surface area (Å²) in [5.41, 5.74) is -2.96. The molecule has 13 nitrogen and oxygen atoms in total. The zero-order valence-electron chi connectivity index (χ0n) is 31.4. The third-order valence-corrected chi connectivity index (χ3v) is 11.3. The maximum atomic E-state index is 14.3. The first kappa shape index (κ1) is 37.7. The van der Waals surface area contributed by atoms with Crippen molar-refractivity contribution in [2.75, 3.05) is 13.1 Å². The van der Waals surface area contributed by atoms with E-state index in [0.717, 1.165) is 25.7 Å². The lowest BCUT2D eigenvalue weighted by Crippen LogP contribution is -2.63. The van der Waals surface area contributed by atoms with Crippen LogP contribution in [-0.2, 0) is 28.8 Å². The van der Waals surface area contributed by atoms with E-state index in [1.807, 2.05) is 62.3 Å². The van der Waals surface area contributed by atoms with Crippen molar-refractivity contribution in [3.8, 4) is 0 Å². The molecule has 2 saturated heterocycles. The molecule has 13 heteroatoms. The van der Waals surface area contributed by atoms with E-state index in [0.29, 0.717) is 19.4 Å². The van der Waals surface area contributed by atoms with Gasteiger partial charge in [-0.05, 0) is 66.1 Å². The van der Waals surface area contributed by atoms with Crippen molar-refractivity contribution in [1.29, 1.82) is 0 Å². The Kier molecular flexibility index (Phi) is 9.99. The van der Waals surface area contributed by atoms with Gasteiger partial charge in [0.15, 0.2) is 0 Å². The van der Waals surface area contributed by atoms with Crippen LogP contribution in [0.4, 0.5) is 4.79 Å². The van der Waals surface area contributed by atoms with E-state index in [1.165, 1.54) is 9.80 Å². The fourth-order valence-corrected chi connectivity index (χ4v) is 7.80. The number of fused-ring (bicyclic) bond motifs is 1. The average Bonchev–Trinajstić information content (AvgIpc) is 3.93. The summed E-state index contributed by atoms with van der Waals surface area (Å²) in [5.74, 6) is -2.71. The highest BCUT2D eigenvalue weighted by Crippen LogP contribution is 2.52. The predicted octanol–water partition coefficient (Wildman–Crippen LogP) is 2.66. The molecule has 278 valence electrons. The average molecular weight is 699 g/mol. The number of nitrogens with one attached hydrogen (secondary N) is 4. The van der Waals surface area contributed by atoms with E-state index in [1.54, 1.807) is 0 Å². The van der Waals surface area contributed by atoms with E-state index < -0.39 is 69.4 Å². The zero-order valence-corrected chi connectivity index (χ0v) is 31.4. The van der Waals surface area contributed by atoms with E-state index in [-0.39, 0.29) is 55.0 Å². The lowest BCUT2D eigenvalue weighted by molar-refractivity contribution is -0.153. The molecule has 50 heavy (non-hydrogen) atoms. The van der Waals surface area contributed by atoms with Crippen LogP contribution in [-0.4, -0.2) is 93.9 Å². The lowest BCUT2D eigenvalue weighted by atomic mass is 9.80. The second-order valence-electron chi connectivity index (χ2n) is 18.6. The number of amides is 7. The molecule has 3 aliphatic carbocycles. The molecule has 2 aliphatic heterocycles. The Bertz CT molecular complexity index is 1420. The van der Waals surface area contributed by atoms with Gasteiger partial charge >= 0.3 is 6.03 Å². The number of piperidine rings is 2. The molecule has 0 aromatic heterocycles. The number of likely N-dealkylation sites (tertiary alicyclic amines) is 2. The number of nitrogens with zero attached hydrogens (tertiary/aromatic N) is 2. The number of Topliss-reactive ketones (excluding diaryl/α,β-unsaturated/α-hetero) is 1. The minimum atomic E-state index is -1.26. The first-order chi connectivity index (χ1) is 23.1. The molecule has 7 atom stereocenters. The fourth-order valence-electron chi connectivity index (χ4n) is 7.80. The maximum absolute atomic E-state index is 14.3. The van der Waals surface area contributed by atoms with Gasteiger partial charge in [-0.3, -0.25) is 33.7 Å². The van der Waals surface area contributed by atoms with Crippen molar-refractivity contribution in [3.63, 3.8) is 0 Å². The summed E-state index contributed by atoms with van der Waals surface area (Å²) < 4.78 is 0. The summed E-state index contributed by atoms with van der Waals surface area (Å²) in [6, 6.07) is -3.04. The molecule has 2 unspecified atom stereocenters. The Morgan fingerprint density at radius 1 is 0.920 bits per heavy atom. The van der Waals surface area contributed by atoms with Gasteiger partial charge in [0.2, 0.25) is 29.4 Å². The van der Waals surface area contributed by atoms with Gasteiger partial charge in [-0.2, -0.15) is 0 Å². The van der Waals surface area contributed by atoms with Gasteiger partial charge in [0.05, 0.1) is 6.04 Å². The van der Waals surface area contributed by atoms with Gasteiger partial charge in [-0.1, -0.05) is 68.7 Å². The van der Waals surface area contributed by atoms with Crippen LogP contribution >= 0.6 is 0 Å². The first-order valence-electron chi connectivity index (χ1n) is 18.5. The molecule has 0 aromatic carbocycles. The third kappa shape index (κ3) is 8.01. The van der Waals surface area contributed by atoms with Gasteiger partial charge in [0.25, 0.3) is 5.91 Å². The third-order valence-electron chi connectivity index (χ3n) is 11.3. The Morgan fingerprint density at radius 3 is 2.08 bits per heavy atom. The van der Waals surface area contributed by atoms with E-state index in [2.05, 4.69) is 21.3 Å². The lowest BCUT2D eigenvalue weighted by Gasteiger charge is -2.40. The van der Waals surface area contributed by atoms with E-state index in [4.69, 9.17) is 0 Å². The number of carbonyl (C=O) groups excluding carboxylic acids is 7. The standard InChI is InChI=1S/C37H58N6O7/c1-10-11-21-15-37(21,29(46)31(48)38-22-12-13-22)41-30(47)27-23-14-20(23)18-43(27)32(49)28(35(5,6)7)40-33(50)39-24(34(2,3)4)19-42-25(44)16-36(8,9)17-26(42)45/h20-24,27-28H,10-19H2,1-9H3,(H,38,48)(H,41,47)(H2,39,40,50)/t20-,21?,23-,24+,27-,28+,37?/m0/s1. The Hall–Kier alpha value is -3.51. The second kappa shape index (κ2) is 13.2. The minimum absolute atomic E-state index is 0.00863. The maximum Gasteiger partial charge on any atom is 0.315 e. The predicted molar refractivity (Wildman–Crippen MR) is 185 cm³/mol. The van der Waals surface area contributed by atoms with Gasteiger partial charge in [0.1, 0.15) is 17.6 Å². The van der Waals surface area contributed by atoms with Crippen LogP contribution in [0.15, 0.2) is 0 Å². The largest absolute Gasteiger partial charge is 0.347 e. The normalized spacial score (nSPS) is 29.8. The molecule has 0 aromatic rings. The smallest absolute Gasteiger partial charge is 0.315 e. The molecule has 3 saturated carbocycles. The molecule has 0 radical (unpaired) electrons. The molecule has 5 fully saturated rings. The summed E-state index contributed by atoms with van der Waals surface area (Å²) in [5, 5.41) is 11.5. The molecule has 7 amide bonds. The second-order valence-corrected chi connectivity index (χ2v) is 18.6. The van der Waals surface area contributed by atoms with Gasteiger partial charge in [0, 0.05) is 32.0 Å². The molecule has 0 bridgehead atoms. The highest BCUT2D eigenvalue weighted by molar-refractivity contribution is 6.41. The highest BCUT2D eigenvalue weighted by Gasteiger charge is 2.65. The number of imide groups is 1. The van der Waals surface area contributed by atoms with Crippen molar-refractivity contribution in [3.05, 3.63) is 0 Å². The Balaban J connectivity index is 1.29. The van der Waals surface area contributed by atoms with Crippen molar-refractivity contribution in [1.82, 2.24) is 31.1 Å². The van der Waals surface area contributed by atoms with Crippen molar-refractivity contribution in [2.45, 2.75) is 143 Å². The number of carbonyl (C=O) groups is 7. The van der Waals surface area contributed by atoms with Crippen LogP contribution in [0.1, 0.15) is 114 Å². The van der Waals surface area contributed by atoms with Crippen LogP contribution in [0.3, 0.4) is 0 Å². The summed E-state index contributed by atoms with van der Waals surface area (Å²) in [4.78, 5) is 97.0. The van der Waals surface area contributed by atoms with Crippen LogP contribution in [0.5, 0.6) is 0 Å². The fraction of sp³-hybridized carbons (Fsp3) is 0.811. The van der Waals surface area contributed by atoms with Gasteiger partial charge in [-0.15, -0.1) is 0 Å². The molecule has 5 rings (SSSR count). The molecule has 5 aliphatic rings. The monoisotopic (exact) mass is 698 g/mol. The van der Waals surface area contributed by atoms with Crippen molar-refractivity contribution in [2.24, 2.45) is 34.0 Å². The summed E-state index contributed by atoms with van der Waals surface area (Å²) >= 11 is 0. The van der Waals surface area contributed by atoms with Crippen LogP contribution in [0.2, 0.25) is 0 Å². The van der Waals surface area contributed by atoms with Crippen molar-refractivity contribution >= 4 is 41.4 Å². The van der Waals surface area contributed by atoms with Gasteiger partial charge < -0.3 is 26.2 Å². The topological polar surface area (TPSA) is 174 Å². The van der Waals surface area contributed by atoms with Crippen molar-refractivity contribution < 1.29 is 33.6 Å². The number of ketones is 1. The molecule has 0 spiro atoms. The molecule has 4 N–H and O–H groups in total. The van der Waals surface area contributed by atoms with Gasteiger partial charge in [-0.25, -0.2) is 4.79 Å². The number of hydrogen-bond acceptors (Lipinski definition) is 7. The number of rotatable bonds is 12. The van der Waals surface area contributed by atoms with Crippen LogP contribution in [0.25, 0.3) is 0 Å². The SMILES string of the molecule is CCCC1CC1(NC(=O)[C@@H]1[C@H]2C[C@H]2CN1C(=O)[C@@H](NC(=O)N[C@H](CN1C(=O)CC(C)(C)CC1=O)C(C)(C)C)C(C)(C)C)C(=O)C(=O)NC1CC1. The Morgan fingerprint density at radius 2 is 1.54 bits per heavy atom. The summed E-state index contributed by atoms with van der Waals surface area (Å²) in [6.07, 6.45) is 4.83. The zero-order chi connectivity index (χ0) is 37.1. The first-order valence-corrected chi connectivity index (χ1v) is 18.5. The molecule has 2 heterocycles. The van der Waals surface area contributed by atoms with E-state index in [9.17, 15) is 33.6 Å². The van der Waals surface area contributed by atoms with Crippen LogP contribution in [0, 0.1) is 34.0 Å². The highest BCUT2D eigenvalue weighted by atomic mass is 16.2. The summed E-state index contributed by atoms with van der Waals surface area (Å²) in [6.45, 7) is 17.4. The minimum Gasteiger partial charge on any atom is -0.347 e. The summed E-state index contributed by atoms with van der Waals surface area (Å²) in [7, 11) is 0. The Labute approximate surface area is 296 Å². The number of urea groups is 1.